The Morgan fingerprint density at radius 3 is 2.62 bits per heavy atom. The van der Waals surface area contributed by atoms with Crippen LogP contribution in [0.25, 0.3) is 11.0 Å². The highest BCUT2D eigenvalue weighted by Gasteiger charge is 2.15. The number of rotatable bonds is 8. The van der Waals surface area contributed by atoms with E-state index in [0.717, 1.165) is 40.3 Å². The lowest BCUT2D eigenvalue weighted by atomic mass is 10.2. The van der Waals surface area contributed by atoms with Crippen LogP contribution >= 0.6 is 11.9 Å². The van der Waals surface area contributed by atoms with Gasteiger partial charge in [-0.2, -0.15) is 5.10 Å². The van der Waals surface area contributed by atoms with E-state index in [1.165, 1.54) is 17.5 Å². The van der Waals surface area contributed by atoms with Gasteiger partial charge in [-0.1, -0.05) is 31.1 Å². The number of aryl methyl sites for hydroxylation is 2. The van der Waals surface area contributed by atoms with Gasteiger partial charge in [0.2, 0.25) is 0 Å². The zero-order valence-electron chi connectivity index (χ0n) is 16.6. The van der Waals surface area contributed by atoms with Crippen molar-refractivity contribution in [1.82, 2.24) is 15.4 Å². The number of methoxy groups -OCH3 is 1. The monoisotopic (exact) mass is 409 g/mol. The standard InChI is InChI=1S/C21H23N5O2S/c1-4-13-6-8-15(9-7-13)29-26-21-16-11-19(27-3)17(12-18(16)28-25-21)22-20-10-14(5-2)23-24-20/h6-12H,4-5H2,1-3H3,(H,25,26)(H2,22,23,24). The molecule has 2 aromatic heterocycles. The fourth-order valence-corrected chi connectivity index (χ4v) is 3.58. The van der Waals surface area contributed by atoms with Crippen molar-refractivity contribution < 1.29 is 9.26 Å². The lowest BCUT2D eigenvalue weighted by Gasteiger charge is -2.09. The molecule has 0 amide bonds. The Balaban J connectivity index is 1.55. The summed E-state index contributed by atoms with van der Waals surface area (Å²) in [6.07, 6.45) is 1.92. The van der Waals surface area contributed by atoms with Crippen LogP contribution in [0.1, 0.15) is 25.1 Å². The number of nitrogens with zero attached hydrogens (tertiary/aromatic N) is 2. The Bertz CT molecular complexity index is 1100. The molecule has 2 heterocycles. The molecule has 0 aliphatic heterocycles. The fourth-order valence-electron chi connectivity index (χ4n) is 2.95. The van der Waals surface area contributed by atoms with Gasteiger partial charge in [-0.3, -0.25) is 5.10 Å². The molecule has 0 fully saturated rings. The number of aromatic amines is 1. The number of aromatic nitrogens is 3. The van der Waals surface area contributed by atoms with E-state index in [4.69, 9.17) is 9.26 Å². The second-order valence-corrected chi connectivity index (χ2v) is 7.42. The highest BCUT2D eigenvalue weighted by Crippen LogP contribution is 2.36. The lowest BCUT2D eigenvalue weighted by Crippen LogP contribution is -1.95. The Labute approximate surface area is 173 Å². The Kier molecular flexibility index (Phi) is 5.62. The second kappa shape index (κ2) is 8.48. The minimum atomic E-state index is 0.655. The van der Waals surface area contributed by atoms with Crippen molar-refractivity contribution in [3.8, 4) is 5.75 Å². The summed E-state index contributed by atoms with van der Waals surface area (Å²) in [7, 11) is 1.64. The third-order valence-electron chi connectivity index (χ3n) is 4.66. The number of H-pyrrole nitrogens is 1. The molecular weight excluding hydrogens is 386 g/mol. The quantitative estimate of drug-likeness (QED) is 0.329. The Hall–Kier alpha value is -3.13. The molecule has 4 aromatic rings. The lowest BCUT2D eigenvalue weighted by molar-refractivity contribution is 0.417. The minimum Gasteiger partial charge on any atom is -0.495 e. The molecule has 0 aliphatic rings. The summed E-state index contributed by atoms with van der Waals surface area (Å²) in [5, 5.41) is 15.5. The van der Waals surface area contributed by atoms with E-state index in [1.54, 1.807) is 7.11 Å². The van der Waals surface area contributed by atoms with Crippen LogP contribution in [0.15, 0.2) is 51.9 Å². The molecule has 0 unspecified atom stereocenters. The first-order valence-corrected chi connectivity index (χ1v) is 10.3. The van der Waals surface area contributed by atoms with E-state index in [1.807, 2.05) is 18.2 Å². The van der Waals surface area contributed by atoms with Gasteiger partial charge in [0.25, 0.3) is 0 Å². The Morgan fingerprint density at radius 2 is 1.93 bits per heavy atom. The van der Waals surface area contributed by atoms with Crippen LogP contribution in [0.4, 0.5) is 17.3 Å². The number of anilines is 3. The van der Waals surface area contributed by atoms with Crippen LogP contribution in [0.2, 0.25) is 0 Å². The molecule has 29 heavy (non-hydrogen) atoms. The fraction of sp³-hybridized carbons (Fsp3) is 0.238. The van der Waals surface area contributed by atoms with Gasteiger partial charge in [-0.25, -0.2) is 0 Å². The van der Waals surface area contributed by atoms with Gasteiger partial charge >= 0.3 is 0 Å². The molecule has 0 saturated heterocycles. The number of fused-ring (bicyclic) bond motifs is 1. The summed E-state index contributed by atoms with van der Waals surface area (Å²) in [6.45, 7) is 4.22. The van der Waals surface area contributed by atoms with Crippen molar-refractivity contribution >= 4 is 40.2 Å². The van der Waals surface area contributed by atoms with Gasteiger partial charge in [-0.05, 0) is 48.6 Å². The second-order valence-electron chi connectivity index (χ2n) is 6.54. The number of nitrogens with one attached hydrogen (secondary N) is 3. The normalized spacial score (nSPS) is 11.0. The van der Waals surface area contributed by atoms with Crippen molar-refractivity contribution in [3.63, 3.8) is 0 Å². The average molecular weight is 410 g/mol. The number of hydrogen-bond donors (Lipinski definition) is 3. The summed E-state index contributed by atoms with van der Waals surface area (Å²) < 4.78 is 14.4. The number of benzene rings is 2. The topological polar surface area (TPSA) is 88.0 Å². The highest BCUT2D eigenvalue weighted by molar-refractivity contribution is 8.00. The van der Waals surface area contributed by atoms with E-state index < -0.39 is 0 Å². The van der Waals surface area contributed by atoms with Crippen molar-refractivity contribution in [3.05, 3.63) is 53.7 Å². The molecule has 4 rings (SSSR count). The van der Waals surface area contributed by atoms with Gasteiger partial charge < -0.3 is 19.3 Å². The van der Waals surface area contributed by atoms with E-state index in [0.29, 0.717) is 17.2 Å². The van der Waals surface area contributed by atoms with Crippen molar-refractivity contribution in [2.75, 3.05) is 17.1 Å². The average Bonchev–Trinajstić information content (AvgIpc) is 3.38. The zero-order valence-corrected chi connectivity index (χ0v) is 17.4. The van der Waals surface area contributed by atoms with Crippen LogP contribution in [0.3, 0.4) is 0 Å². The SMILES string of the molecule is CCc1ccc(SNc2noc3cc(Nc4cc(CC)[nH]n4)c(OC)cc23)cc1. The molecule has 150 valence electrons. The summed E-state index contributed by atoms with van der Waals surface area (Å²) in [5.74, 6) is 2.06. The number of hydrogen-bond acceptors (Lipinski definition) is 7. The largest absolute Gasteiger partial charge is 0.495 e. The summed E-state index contributed by atoms with van der Waals surface area (Å²) in [4.78, 5) is 1.11. The van der Waals surface area contributed by atoms with E-state index in [-0.39, 0.29) is 0 Å². The maximum atomic E-state index is 5.57. The first kappa shape index (κ1) is 19.2. The van der Waals surface area contributed by atoms with Gasteiger partial charge in [0.05, 0.1) is 18.2 Å². The smallest absolute Gasteiger partial charge is 0.187 e. The van der Waals surface area contributed by atoms with Crippen LogP contribution in [0.5, 0.6) is 5.75 Å². The molecule has 8 heteroatoms. The maximum absolute atomic E-state index is 5.57. The molecular formula is C21H23N5O2S. The zero-order chi connectivity index (χ0) is 20.2. The molecule has 0 aliphatic carbocycles. The predicted octanol–water partition coefficient (Wildman–Crippen LogP) is 5.55. The van der Waals surface area contributed by atoms with E-state index in [9.17, 15) is 0 Å². The maximum Gasteiger partial charge on any atom is 0.187 e. The molecule has 0 atom stereocenters. The third-order valence-corrected chi connectivity index (χ3v) is 5.47. The number of ether oxygens (including phenoxy) is 1. The van der Waals surface area contributed by atoms with E-state index in [2.05, 4.69) is 63.5 Å². The summed E-state index contributed by atoms with van der Waals surface area (Å²) in [6, 6.07) is 14.2. The molecule has 7 nitrogen and oxygen atoms in total. The van der Waals surface area contributed by atoms with Gasteiger partial charge in [-0.15, -0.1) is 0 Å². The van der Waals surface area contributed by atoms with Crippen LogP contribution in [-0.4, -0.2) is 22.5 Å². The van der Waals surface area contributed by atoms with Crippen LogP contribution in [0, 0.1) is 0 Å². The van der Waals surface area contributed by atoms with Gasteiger partial charge in [0, 0.05) is 22.7 Å². The van der Waals surface area contributed by atoms with Crippen LogP contribution < -0.4 is 14.8 Å². The van der Waals surface area contributed by atoms with Crippen molar-refractivity contribution in [2.45, 2.75) is 31.6 Å². The Morgan fingerprint density at radius 1 is 1.10 bits per heavy atom. The van der Waals surface area contributed by atoms with Crippen molar-refractivity contribution in [2.24, 2.45) is 0 Å². The first-order chi connectivity index (χ1) is 14.2. The minimum absolute atomic E-state index is 0.655. The highest BCUT2D eigenvalue weighted by atomic mass is 32.2. The molecule has 3 N–H and O–H groups in total. The third kappa shape index (κ3) is 4.17. The molecule has 0 bridgehead atoms. The summed E-state index contributed by atoms with van der Waals surface area (Å²) in [5.41, 5.74) is 3.79. The van der Waals surface area contributed by atoms with Crippen LogP contribution in [-0.2, 0) is 12.8 Å². The first-order valence-electron chi connectivity index (χ1n) is 9.50. The molecule has 2 aromatic carbocycles. The molecule has 0 radical (unpaired) electrons. The van der Waals surface area contributed by atoms with E-state index >= 15 is 0 Å². The summed E-state index contributed by atoms with van der Waals surface area (Å²) >= 11 is 1.49. The predicted molar refractivity (Wildman–Crippen MR) is 117 cm³/mol. The molecule has 0 saturated carbocycles. The van der Waals surface area contributed by atoms with Gasteiger partial charge in [0.15, 0.2) is 17.2 Å². The van der Waals surface area contributed by atoms with Gasteiger partial charge in [0.1, 0.15) is 5.75 Å². The van der Waals surface area contributed by atoms with Crippen molar-refractivity contribution in [1.29, 1.82) is 0 Å². The molecule has 0 spiro atoms.